The fourth-order valence-electron chi connectivity index (χ4n) is 4.63. The van der Waals surface area contributed by atoms with Crippen molar-refractivity contribution in [2.45, 2.75) is 64.5 Å². The van der Waals surface area contributed by atoms with Crippen LogP contribution >= 0.6 is 0 Å². The summed E-state index contributed by atoms with van der Waals surface area (Å²) in [5.74, 6) is 0.818. The van der Waals surface area contributed by atoms with E-state index in [1.807, 2.05) is 34.9 Å². The summed E-state index contributed by atoms with van der Waals surface area (Å²) >= 11 is 0. The van der Waals surface area contributed by atoms with Gasteiger partial charge in [0.1, 0.15) is 0 Å². The molecule has 3 rings (SSSR count). The van der Waals surface area contributed by atoms with E-state index in [9.17, 15) is 14.7 Å². The third kappa shape index (κ3) is 4.09. The van der Waals surface area contributed by atoms with Crippen molar-refractivity contribution < 1.29 is 14.7 Å². The molecule has 1 N–H and O–H groups in total. The molecule has 0 unspecified atom stereocenters. The van der Waals surface area contributed by atoms with Crippen LogP contribution in [0.1, 0.15) is 57.9 Å². The van der Waals surface area contributed by atoms with Crippen LogP contribution in [-0.2, 0) is 9.59 Å². The number of aliphatic hydroxyl groups excluding tert-OH is 1. The molecule has 1 heterocycles. The Kier molecular flexibility index (Phi) is 6.76. The molecule has 28 heavy (non-hydrogen) atoms. The van der Waals surface area contributed by atoms with E-state index in [4.69, 9.17) is 0 Å². The average molecular weight is 387 g/mol. The summed E-state index contributed by atoms with van der Waals surface area (Å²) in [6.45, 7) is 7.30. The monoisotopic (exact) mass is 386 g/mol. The zero-order chi connectivity index (χ0) is 20.3. The number of amides is 2. The average Bonchev–Trinajstić information content (AvgIpc) is 2.62. The third-order valence-corrected chi connectivity index (χ3v) is 6.27. The SMILES string of the molecule is CCC(=O)N(CC(C)C)C[C@H]1[C@H](c2ccccc2)[C@@H](CO)N1C(=O)C1CCC1. The van der Waals surface area contributed by atoms with Crippen LogP contribution in [-0.4, -0.2) is 58.5 Å². The molecule has 3 atom stereocenters. The Hall–Kier alpha value is -1.88. The zero-order valence-corrected chi connectivity index (χ0v) is 17.4. The molecule has 0 spiro atoms. The Morgan fingerprint density at radius 1 is 1.18 bits per heavy atom. The largest absolute Gasteiger partial charge is 0.394 e. The van der Waals surface area contributed by atoms with Gasteiger partial charge in [0.15, 0.2) is 0 Å². The quantitative estimate of drug-likeness (QED) is 0.747. The van der Waals surface area contributed by atoms with E-state index >= 15 is 0 Å². The summed E-state index contributed by atoms with van der Waals surface area (Å²) in [4.78, 5) is 29.5. The molecule has 1 aromatic rings. The molecule has 2 amide bonds. The maximum atomic E-state index is 13.1. The number of hydrogen-bond donors (Lipinski definition) is 1. The summed E-state index contributed by atoms with van der Waals surface area (Å²) in [5.41, 5.74) is 1.14. The van der Waals surface area contributed by atoms with E-state index in [1.165, 1.54) is 0 Å². The molecule has 2 aliphatic rings. The Bertz CT molecular complexity index is 672. The summed E-state index contributed by atoms with van der Waals surface area (Å²) in [7, 11) is 0. The van der Waals surface area contributed by atoms with Crippen LogP contribution in [0.4, 0.5) is 0 Å². The molecule has 1 aliphatic heterocycles. The van der Waals surface area contributed by atoms with Crippen LogP contribution in [0, 0.1) is 11.8 Å². The van der Waals surface area contributed by atoms with Crippen molar-refractivity contribution in [2.75, 3.05) is 19.7 Å². The van der Waals surface area contributed by atoms with Crippen molar-refractivity contribution in [1.29, 1.82) is 0 Å². The Labute approximate surface area is 168 Å². The van der Waals surface area contributed by atoms with Crippen LogP contribution < -0.4 is 0 Å². The van der Waals surface area contributed by atoms with Crippen molar-refractivity contribution in [3.05, 3.63) is 35.9 Å². The molecule has 1 aliphatic carbocycles. The molecule has 5 heteroatoms. The number of likely N-dealkylation sites (tertiary alicyclic amines) is 1. The van der Waals surface area contributed by atoms with Gasteiger partial charge in [-0.3, -0.25) is 9.59 Å². The third-order valence-electron chi connectivity index (χ3n) is 6.27. The first kappa shape index (κ1) is 20.8. The van der Waals surface area contributed by atoms with Crippen LogP contribution in [0.25, 0.3) is 0 Å². The second-order valence-corrected chi connectivity index (χ2v) is 8.67. The number of nitrogens with zero attached hydrogens (tertiary/aromatic N) is 2. The zero-order valence-electron chi connectivity index (χ0n) is 17.4. The summed E-state index contributed by atoms with van der Waals surface area (Å²) in [6, 6.07) is 9.86. The van der Waals surface area contributed by atoms with Crippen molar-refractivity contribution in [2.24, 2.45) is 11.8 Å². The molecule has 0 radical (unpaired) electrons. The van der Waals surface area contributed by atoms with E-state index in [0.717, 1.165) is 24.8 Å². The molecule has 1 saturated heterocycles. The minimum Gasteiger partial charge on any atom is -0.394 e. The molecular formula is C23H34N2O3. The first-order valence-corrected chi connectivity index (χ1v) is 10.7. The highest BCUT2D eigenvalue weighted by Gasteiger charge is 2.53. The number of carbonyl (C=O) groups excluding carboxylic acids is 2. The number of carbonyl (C=O) groups is 2. The molecule has 0 bridgehead atoms. The van der Waals surface area contributed by atoms with Gasteiger partial charge in [-0.05, 0) is 24.3 Å². The lowest BCUT2D eigenvalue weighted by atomic mass is 9.72. The number of aliphatic hydroxyl groups is 1. The summed E-state index contributed by atoms with van der Waals surface area (Å²) < 4.78 is 0. The lowest BCUT2D eigenvalue weighted by Crippen LogP contribution is -2.70. The highest BCUT2D eigenvalue weighted by Crippen LogP contribution is 2.44. The van der Waals surface area contributed by atoms with Crippen LogP contribution in [0.5, 0.6) is 0 Å². The Morgan fingerprint density at radius 3 is 2.36 bits per heavy atom. The van der Waals surface area contributed by atoms with Crippen molar-refractivity contribution in [3.8, 4) is 0 Å². The normalized spacial score (nSPS) is 24.6. The van der Waals surface area contributed by atoms with E-state index in [2.05, 4.69) is 26.0 Å². The van der Waals surface area contributed by atoms with Gasteiger partial charge in [0, 0.05) is 31.3 Å². The van der Waals surface area contributed by atoms with Crippen molar-refractivity contribution in [3.63, 3.8) is 0 Å². The minimum atomic E-state index is -0.196. The maximum absolute atomic E-state index is 13.1. The van der Waals surface area contributed by atoms with Gasteiger partial charge in [-0.2, -0.15) is 0 Å². The van der Waals surface area contributed by atoms with Gasteiger partial charge >= 0.3 is 0 Å². The summed E-state index contributed by atoms with van der Waals surface area (Å²) in [5, 5.41) is 10.1. The topological polar surface area (TPSA) is 60.9 Å². The van der Waals surface area contributed by atoms with Gasteiger partial charge in [-0.25, -0.2) is 0 Å². The van der Waals surface area contributed by atoms with E-state index in [-0.39, 0.29) is 42.3 Å². The first-order chi connectivity index (χ1) is 13.5. The smallest absolute Gasteiger partial charge is 0.226 e. The first-order valence-electron chi connectivity index (χ1n) is 10.7. The number of hydrogen-bond acceptors (Lipinski definition) is 3. The standard InChI is InChI=1S/C23H34N2O3/c1-4-21(27)24(13-16(2)3)14-19-22(17-9-6-5-7-10-17)20(15-26)25(19)23(28)18-11-8-12-18/h5-7,9-10,16,18-20,22,26H,4,8,11-15H2,1-3H3/t19-,20+,22-/m0/s1. The van der Waals surface area contributed by atoms with Crippen molar-refractivity contribution >= 4 is 11.8 Å². The second-order valence-electron chi connectivity index (χ2n) is 8.67. The highest BCUT2D eigenvalue weighted by atomic mass is 16.3. The van der Waals surface area contributed by atoms with Crippen LogP contribution in [0.3, 0.4) is 0 Å². The molecule has 5 nitrogen and oxygen atoms in total. The molecule has 1 aromatic carbocycles. The Morgan fingerprint density at radius 2 is 1.86 bits per heavy atom. The number of rotatable bonds is 8. The fourth-order valence-corrected chi connectivity index (χ4v) is 4.63. The highest BCUT2D eigenvalue weighted by molar-refractivity contribution is 5.82. The van der Waals surface area contributed by atoms with Gasteiger partial charge < -0.3 is 14.9 Å². The maximum Gasteiger partial charge on any atom is 0.226 e. The predicted molar refractivity (Wildman–Crippen MR) is 110 cm³/mol. The minimum absolute atomic E-state index is 0.0412. The lowest BCUT2D eigenvalue weighted by molar-refractivity contribution is -0.161. The van der Waals surface area contributed by atoms with Gasteiger partial charge in [-0.15, -0.1) is 0 Å². The fraction of sp³-hybridized carbons (Fsp3) is 0.652. The Balaban J connectivity index is 1.87. The van der Waals surface area contributed by atoms with Gasteiger partial charge in [0.25, 0.3) is 0 Å². The molecule has 0 aromatic heterocycles. The molecule has 154 valence electrons. The van der Waals surface area contributed by atoms with E-state index in [0.29, 0.717) is 25.4 Å². The van der Waals surface area contributed by atoms with Gasteiger partial charge in [-0.1, -0.05) is 57.5 Å². The molecular weight excluding hydrogens is 352 g/mol. The van der Waals surface area contributed by atoms with E-state index < -0.39 is 0 Å². The van der Waals surface area contributed by atoms with Gasteiger partial charge in [0.2, 0.25) is 11.8 Å². The lowest BCUT2D eigenvalue weighted by Gasteiger charge is -2.57. The number of benzene rings is 1. The predicted octanol–water partition coefficient (Wildman–Crippen LogP) is 3.04. The summed E-state index contributed by atoms with van der Waals surface area (Å²) in [6.07, 6.45) is 3.46. The van der Waals surface area contributed by atoms with Crippen LogP contribution in [0.2, 0.25) is 0 Å². The second kappa shape index (κ2) is 9.08. The van der Waals surface area contributed by atoms with Gasteiger partial charge in [0.05, 0.1) is 18.7 Å². The van der Waals surface area contributed by atoms with Crippen molar-refractivity contribution in [1.82, 2.24) is 9.80 Å². The van der Waals surface area contributed by atoms with Crippen LogP contribution in [0.15, 0.2) is 30.3 Å². The molecule has 2 fully saturated rings. The van der Waals surface area contributed by atoms with E-state index in [1.54, 1.807) is 0 Å². The molecule has 1 saturated carbocycles.